The highest BCUT2D eigenvalue weighted by molar-refractivity contribution is 8.00. The van der Waals surface area contributed by atoms with Crippen LogP contribution >= 0.6 is 11.8 Å². The quantitative estimate of drug-likeness (QED) is 0.886. The Hall–Kier alpha value is -1.53. The summed E-state index contributed by atoms with van der Waals surface area (Å²) in [7, 11) is 0. The number of hydrogen-bond acceptors (Lipinski definition) is 4. The number of thioether (sulfide) groups is 1. The van der Waals surface area contributed by atoms with E-state index in [1.807, 2.05) is 29.2 Å². The summed E-state index contributed by atoms with van der Waals surface area (Å²) in [5.74, 6) is 0.499. The Morgan fingerprint density at radius 2 is 2.08 bits per heavy atom. The van der Waals surface area contributed by atoms with Crippen molar-refractivity contribution in [3.63, 3.8) is 0 Å². The standard InChI is InChI=1S/C18H25N3O2S/c1-2-11-20(14-7-9-19-10-8-14)17(22)12-21-15-5-3-4-6-16(15)24-13-18(21)23/h3-6,14,19H,2,7-13H2,1H3. The third-order valence-corrected chi connectivity index (χ3v) is 5.68. The van der Waals surface area contributed by atoms with Crippen LogP contribution in [0.3, 0.4) is 0 Å². The van der Waals surface area contributed by atoms with Crippen LogP contribution in [0.1, 0.15) is 26.2 Å². The summed E-state index contributed by atoms with van der Waals surface area (Å²) in [6.45, 7) is 4.93. The molecule has 2 heterocycles. The first-order chi connectivity index (χ1) is 11.7. The molecule has 0 bridgehead atoms. The molecule has 5 nitrogen and oxygen atoms in total. The first kappa shape index (κ1) is 17.3. The maximum atomic E-state index is 13.0. The van der Waals surface area contributed by atoms with E-state index in [-0.39, 0.29) is 18.4 Å². The zero-order valence-corrected chi connectivity index (χ0v) is 15.0. The molecule has 6 heteroatoms. The van der Waals surface area contributed by atoms with Crippen molar-refractivity contribution in [2.75, 3.05) is 36.8 Å². The van der Waals surface area contributed by atoms with Gasteiger partial charge in [-0.2, -0.15) is 0 Å². The van der Waals surface area contributed by atoms with E-state index in [2.05, 4.69) is 12.2 Å². The fraction of sp³-hybridized carbons (Fsp3) is 0.556. The highest BCUT2D eigenvalue weighted by Crippen LogP contribution is 2.34. The maximum absolute atomic E-state index is 13.0. The number of amides is 2. The summed E-state index contributed by atoms with van der Waals surface area (Å²) in [5, 5.41) is 3.35. The minimum atomic E-state index is 0.0220. The van der Waals surface area contributed by atoms with Crippen molar-refractivity contribution in [3.05, 3.63) is 24.3 Å². The van der Waals surface area contributed by atoms with Gasteiger partial charge in [-0.05, 0) is 44.5 Å². The zero-order chi connectivity index (χ0) is 16.9. The van der Waals surface area contributed by atoms with Crippen LogP contribution in [0.4, 0.5) is 5.69 Å². The van der Waals surface area contributed by atoms with Crippen LogP contribution in [-0.4, -0.2) is 54.7 Å². The second-order valence-electron chi connectivity index (χ2n) is 6.30. The molecule has 1 N–H and O–H groups in total. The Morgan fingerprint density at radius 3 is 2.83 bits per heavy atom. The number of benzene rings is 1. The van der Waals surface area contributed by atoms with Gasteiger partial charge in [0.2, 0.25) is 11.8 Å². The monoisotopic (exact) mass is 347 g/mol. The highest BCUT2D eigenvalue weighted by Gasteiger charge is 2.30. The second-order valence-corrected chi connectivity index (χ2v) is 7.32. The van der Waals surface area contributed by atoms with Gasteiger partial charge in [-0.3, -0.25) is 9.59 Å². The molecule has 130 valence electrons. The molecular formula is C18H25N3O2S. The fourth-order valence-electron chi connectivity index (χ4n) is 3.42. The van der Waals surface area contributed by atoms with Gasteiger partial charge in [-0.25, -0.2) is 0 Å². The van der Waals surface area contributed by atoms with E-state index in [0.717, 1.165) is 49.5 Å². The van der Waals surface area contributed by atoms with Crippen LogP contribution in [-0.2, 0) is 9.59 Å². The van der Waals surface area contributed by atoms with Gasteiger partial charge in [0.1, 0.15) is 6.54 Å². The molecule has 1 fully saturated rings. The molecule has 1 aromatic carbocycles. The first-order valence-corrected chi connectivity index (χ1v) is 9.71. The molecule has 2 aliphatic rings. The van der Waals surface area contributed by atoms with Gasteiger partial charge < -0.3 is 15.1 Å². The summed E-state index contributed by atoms with van der Waals surface area (Å²) in [5.41, 5.74) is 0.869. The number of carbonyl (C=O) groups is 2. The molecule has 0 aromatic heterocycles. The van der Waals surface area contributed by atoms with Crippen molar-refractivity contribution in [2.24, 2.45) is 0 Å². The lowest BCUT2D eigenvalue weighted by atomic mass is 10.0. The predicted molar refractivity (Wildman–Crippen MR) is 97.4 cm³/mol. The van der Waals surface area contributed by atoms with Gasteiger partial charge >= 0.3 is 0 Å². The largest absolute Gasteiger partial charge is 0.338 e. The molecule has 1 aromatic rings. The summed E-state index contributed by atoms with van der Waals surface area (Å²) in [6, 6.07) is 8.14. The highest BCUT2D eigenvalue weighted by atomic mass is 32.2. The van der Waals surface area contributed by atoms with E-state index in [1.165, 1.54) is 0 Å². The second kappa shape index (κ2) is 8.03. The van der Waals surface area contributed by atoms with E-state index in [4.69, 9.17) is 0 Å². The Labute approximate surface area is 147 Å². The molecule has 0 aliphatic carbocycles. The topological polar surface area (TPSA) is 52.7 Å². The van der Waals surface area contributed by atoms with Crippen molar-refractivity contribution in [3.8, 4) is 0 Å². The molecule has 0 spiro atoms. The van der Waals surface area contributed by atoms with E-state index >= 15 is 0 Å². The molecule has 1 saturated heterocycles. The molecule has 24 heavy (non-hydrogen) atoms. The van der Waals surface area contributed by atoms with Gasteiger partial charge in [-0.1, -0.05) is 19.1 Å². The summed E-state index contributed by atoms with van der Waals surface area (Å²) < 4.78 is 0. The zero-order valence-electron chi connectivity index (χ0n) is 14.2. The lowest BCUT2D eigenvalue weighted by Gasteiger charge is -2.37. The minimum Gasteiger partial charge on any atom is -0.338 e. The lowest BCUT2D eigenvalue weighted by Crippen LogP contribution is -2.51. The molecular weight excluding hydrogens is 322 g/mol. The summed E-state index contributed by atoms with van der Waals surface area (Å²) in [4.78, 5) is 30.1. The normalized spacial score (nSPS) is 18.4. The van der Waals surface area contributed by atoms with Crippen molar-refractivity contribution < 1.29 is 9.59 Å². The van der Waals surface area contributed by atoms with Crippen LogP contribution < -0.4 is 10.2 Å². The molecule has 0 unspecified atom stereocenters. The SMILES string of the molecule is CCCN(C(=O)CN1C(=O)CSc2ccccc21)C1CCNCC1. The van der Waals surface area contributed by atoms with Crippen molar-refractivity contribution in [1.29, 1.82) is 0 Å². The number of para-hydroxylation sites is 1. The third-order valence-electron chi connectivity index (χ3n) is 4.64. The van der Waals surface area contributed by atoms with E-state index in [1.54, 1.807) is 16.7 Å². The number of hydrogen-bond donors (Lipinski definition) is 1. The number of rotatable bonds is 5. The lowest BCUT2D eigenvalue weighted by molar-refractivity contribution is -0.133. The van der Waals surface area contributed by atoms with Crippen LogP contribution in [0.25, 0.3) is 0 Å². The number of carbonyl (C=O) groups excluding carboxylic acids is 2. The molecule has 0 atom stereocenters. The third kappa shape index (κ3) is 3.75. The molecule has 2 amide bonds. The number of nitrogens with one attached hydrogen (secondary N) is 1. The molecule has 0 saturated carbocycles. The van der Waals surface area contributed by atoms with Gasteiger partial charge in [0.25, 0.3) is 0 Å². The summed E-state index contributed by atoms with van der Waals surface area (Å²) >= 11 is 1.55. The fourth-order valence-corrected chi connectivity index (χ4v) is 4.36. The van der Waals surface area contributed by atoms with Crippen molar-refractivity contribution >= 4 is 29.3 Å². The Kier molecular flexibility index (Phi) is 5.79. The van der Waals surface area contributed by atoms with Crippen molar-refractivity contribution in [1.82, 2.24) is 10.2 Å². The number of nitrogens with zero attached hydrogens (tertiary/aromatic N) is 2. The molecule has 0 radical (unpaired) electrons. The van der Waals surface area contributed by atoms with Crippen molar-refractivity contribution in [2.45, 2.75) is 37.1 Å². The van der Waals surface area contributed by atoms with Gasteiger partial charge in [-0.15, -0.1) is 11.8 Å². The van der Waals surface area contributed by atoms with Crippen LogP contribution in [0.5, 0.6) is 0 Å². The van der Waals surface area contributed by atoms with E-state index in [9.17, 15) is 9.59 Å². The van der Waals surface area contributed by atoms with Gasteiger partial charge in [0, 0.05) is 17.5 Å². The smallest absolute Gasteiger partial charge is 0.242 e. The minimum absolute atomic E-state index is 0.0220. The molecule has 2 aliphatic heterocycles. The Bertz CT molecular complexity index is 602. The van der Waals surface area contributed by atoms with E-state index < -0.39 is 0 Å². The van der Waals surface area contributed by atoms with Crippen LogP contribution in [0.15, 0.2) is 29.2 Å². The predicted octanol–water partition coefficient (Wildman–Crippen LogP) is 2.12. The summed E-state index contributed by atoms with van der Waals surface area (Å²) in [6.07, 6.45) is 2.92. The van der Waals surface area contributed by atoms with Gasteiger partial charge in [0.05, 0.1) is 11.4 Å². The van der Waals surface area contributed by atoms with E-state index in [0.29, 0.717) is 11.8 Å². The van der Waals surface area contributed by atoms with Gasteiger partial charge in [0.15, 0.2) is 0 Å². The number of fused-ring (bicyclic) bond motifs is 1. The van der Waals surface area contributed by atoms with Crippen LogP contribution in [0, 0.1) is 0 Å². The average Bonchev–Trinajstić information content (AvgIpc) is 2.62. The van der Waals surface area contributed by atoms with Crippen LogP contribution in [0.2, 0.25) is 0 Å². The number of piperidine rings is 1. The Morgan fingerprint density at radius 1 is 1.33 bits per heavy atom. The molecule has 3 rings (SSSR count). The maximum Gasteiger partial charge on any atom is 0.242 e. The average molecular weight is 347 g/mol. The first-order valence-electron chi connectivity index (χ1n) is 8.73. The Balaban J connectivity index is 1.75. The number of anilines is 1.